The summed E-state index contributed by atoms with van der Waals surface area (Å²) in [6, 6.07) is 1.33. The maximum absolute atomic E-state index is 12.0. The zero-order chi connectivity index (χ0) is 15.3. The molecule has 3 N–H and O–H groups in total. The van der Waals surface area contributed by atoms with Crippen molar-refractivity contribution in [2.45, 2.75) is 18.2 Å². The Morgan fingerprint density at radius 3 is 2.70 bits per heavy atom. The van der Waals surface area contributed by atoms with E-state index in [-0.39, 0.29) is 29.0 Å². The lowest BCUT2D eigenvalue weighted by atomic mass is 10.1. The molecule has 0 saturated heterocycles. The Balaban J connectivity index is 2.80. The quantitative estimate of drug-likeness (QED) is 0.643. The van der Waals surface area contributed by atoms with Crippen molar-refractivity contribution in [3.8, 4) is 0 Å². The second-order valence-electron chi connectivity index (χ2n) is 4.71. The molecule has 0 fully saturated rings. The number of carbonyl (C=O) groups excluding carboxylic acids is 1. The van der Waals surface area contributed by atoms with Gasteiger partial charge in [0.2, 0.25) is 10.0 Å². The van der Waals surface area contributed by atoms with Crippen LogP contribution in [-0.2, 0) is 17.1 Å². The maximum Gasteiger partial charge on any atom is 0.267 e. The number of hydrogen-bond acceptors (Lipinski definition) is 4. The predicted octanol–water partition coefficient (Wildman–Crippen LogP) is -0.318. The second kappa shape index (κ2) is 6.87. The highest BCUT2D eigenvalue weighted by molar-refractivity contribution is 7.89. The summed E-state index contributed by atoms with van der Waals surface area (Å²) < 4.78 is 27.0. The van der Waals surface area contributed by atoms with Gasteiger partial charge in [-0.25, -0.2) is 13.1 Å². The predicted molar refractivity (Wildman–Crippen MR) is 74.9 cm³/mol. The Morgan fingerprint density at radius 2 is 2.15 bits per heavy atom. The third-order valence-electron chi connectivity index (χ3n) is 3.02. The van der Waals surface area contributed by atoms with Crippen LogP contribution in [0.15, 0.2) is 17.2 Å². The first-order valence-corrected chi connectivity index (χ1v) is 7.79. The fourth-order valence-electron chi connectivity index (χ4n) is 1.70. The molecule has 114 valence electrons. The number of aliphatic hydroxyl groups is 1. The van der Waals surface area contributed by atoms with Gasteiger partial charge in [-0.3, -0.25) is 4.79 Å². The second-order valence-corrected chi connectivity index (χ2v) is 6.59. The van der Waals surface area contributed by atoms with Crippen LogP contribution in [0.2, 0.25) is 0 Å². The van der Waals surface area contributed by atoms with Gasteiger partial charge in [-0.05, 0) is 25.5 Å². The summed E-state index contributed by atoms with van der Waals surface area (Å²) in [6.45, 7) is 2.42. The first kappa shape index (κ1) is 16.7. The third kappa shape index (κ3) is 4.06. The number of rotatable bonds is 7. The minimum Gasteiger partial charge on any atom is -0.396 e. The Bertz CT molecular complexity index is 565. The minimum atomic E-state index is -3.56. The van der Waals surface area contributed by atoms with Crippen LogP contribution in [0.5, 0.6) is 0 Å². The molecule has 0 radical (unpaired) electrons. The SMILES string of the molecule is CNS(=O)(=O)c1cc(C(=O)NCC(C)CCO)n(C)c1. The molecule has 1 amide bonds. The smallest absolute Gasteiger partial charge is 0.267 e. The van der Waals surface area contributed by atoms with Gasteiger partial charge < -0.3 is 15.0 Å². The monoisotopic (exact) mass is 303 g/mol. The van der Waals surface area contributed by atoms with E-state index >= 15 is 0 Å². The van der Waals surface area contributed by atoms with Gasteiger partial charge in [0.05, 0.1) is 0 Å². The maximum atomic E-state index is 12.0. The average molecular weight is 303 g/mol. The summed E-state index contributed by atoms with van der Waals surface area (Å²) in [6.07, 6.45) is 1.99. The summed E-state index contributed by atoms with van der Waals surface area (Å²) in [5.74, 6) is -0.181. The molecule has 1 atom stereocenters. The molecule has 0 aliphatic rings. The number of amides is 1. The van der Waals surface area contributed by atoms with Gasteiger partial charge in [-0.15, -0.1) is 0 Å². The molecule has 0 aliphatic heterocycles. The van der Waals surface area contributed by atoms with Crippen LogP contribution in [0.3, 0.4) is 0 Å². The van der Waals surface area contributed by atoms with E-state index in [1.807, 2.05) is 6.92 Å². The Labute approximate surface area is 119 Å². The topological polar surface area (TPSA) is 100 Å². The van der Waals surface area contributed by atoms with Crippen molar-refractivity contribution in [3.63, 3.8) is 0 Å². The van der Waals surface area contributed by atoms with E-state index in [1.54, 1.807) is 7.05 Å². The van der Waals surface area contributed by atoms with Crippen molar-refractivity contribution >= 4 is 15.9 Å². The van der Waals surface area contributed by atoms with Crippen molar-refractivity contribution in [1.82, 2.24) is 14.6 Å². The number of carbonyl (C=O) groups is 1. The van der Waals surface area contributed by atoms with Crippen LogP contribution < -0.4 is 10.0 Å². The Kier molecular flexibility index (Phi) is 5.73. The molecule has 1 aromatic rings. The van der Waals surface area contributed by atoms with Gasteiger partial charge >= 0.3 is 0 Å². The number of nitrogens with zero attached hydrogens (tertiary/aromatic N) is 1. The zero-order valence-corrected chi connectivity index (χ0v) is 12.7. The van der Waals surface area contributed by atoms with E-state index in [2.05, 4.69) is 10.0 Å². The van der Waals surface area contributed by atoms with Crippen molar-refractivity contribution < 1.29 is 18.3 Å². The standard InChI is InChI=1S/C12H21N3O4S/c1-9(4-5-16)7-14-12(17)11-6-10(8-15(11)3)20(18,19)13-2/h6,8-9,13,16H,4-5,7H2,1-3H3,(H,14,17). The summed E-state index contributed by atoms with van der Waals surface area (Å²) in [5, 5.41) is 11.5. The third-order valence-corrected chi connectivity index (χ3v) is 4.41. The average Bonchev–Trinajstić information content (AvgIpc) is 2.79. The molecular formula is C12H21N3O4S. The lowest BCUT2D eigenvalue weighted by molar-refractivity contribution is 0.0937. The Morgan fingerprint density at radius 1 is 1.50 bits per heavy atom. The van der Waals surface area contributed by atoms with Crippen molar-refractivity contribution in [2.75, 3.05) is 20.2 Å². The van der Waals surface area contributed by atoms with Crippen molar-refractivity contribution in [3.05, 3.63) is 18.0 Å². The van der Waals surface area contributed by atoms with Crippen LogP contribution in [-0.4, -0.2) is 44.2 Å². The first-order chi connectivity index (χ1) is 9.31. The Hall–Kier alpha value is -1.38. The van der Waals surface area contributed by atoms with Gasteiger partial charge in [0.1, 0.15) is 10.6 Å². The fraction of sp³-hybridized carbons (Fsp3) is 0.583. The van der Waals surface area contributed by atoms with Crippen LogP contribution >= 0.6 is 0 Å². The zero-order valence-electron chi connectivity index (χ0n) is 11.9. The molecule has 8 heteroatoms. The fourth-order valence-corrected chi connectivity index (χ4v) is 2.50. The number of sulfonamides is 1. The number of aromatic nitrogens is 1. The highest BCUT2D eigenvalue weighted by atomic mass is 32.2. The highest BCUT2D eigenvalue weighted by Crippen LogP contribution is 2.13. The molecule has 0 saturated carbocycles. The largest absolute Gasteiger partial charge is 0.396 e. The van der Waals surface area contributed by atoms with Gasteiger partial charge in [-0.1, -0.05) is 6.92 Å². The number of hydrogen-bond donors (Lipinski definition) is 3. The molecule has 0 aromatic carbocycles. The molecule has 0 bridgehead atoms. The van der Waals surface area contributed by atoms with Gasteiger partial charge in [0, 0.05) is 26.4 Å². The van der Waals surface area contributed by atoms with Crippen LogP contribution in [0, 0.1) is 5.92 Å². The lowest BCUT2D eigenvalue weighted by Crippen LogP contribution is -2.29. The normalized spacial score (nSPS) is 13.2. The summed E-state index contributed by atoms with van der Waals surface area (Å²) in [5.41, 5.74) is 0.273. The summed E-state index contributed by atoms with van der Waals surface area (Å²) in [4.78, 5) is 12.0. The minimum absolute atomic E-state index is 0.0519. The number of nitrogens with one attached hydrogen (secondary N) is 2. The molecule has 1 aromatic heterocycles. The molecule has 20 heavy (non-hydrogen) atoms. The van der Waals surface area contributed by atoms with Crippen molar-refractivity contribution in [1.29, 1.82) is 0 Å². The van der Waals surface area contributed by atoms with Gasteiger partial charge in [-0.2, -0.15) is 0 Å². The first-order valence-electron chi connectivity index (χ1n) is 6.30. The van der Waals surface area contributed by atoms with E-state index in [9.17, 15) is 13.2 Å². The van der Waals surface area contributed by atoms with E-state index in [1.165, 1.54) is 23.9 Å². The lowest BCUT2D eigenvalue weighted by Gasteiger charge is -2.11. The van der Waals surface area contributed by atoms with E-state index in [4.69, 9.17) is 5.11 Å². The van der Waals surface area contributed by atoms with E-state index < -0.39 is 10.0 Å². The van der Waals surface area contributed by atoms with Crippen LogP contribution in [0.4, 0.5) is 0 Å². The van der Waals surface area contributed by atoms with E-state index in [0.29, 0.717) is 13.0 Å². The highest BCUT2D eigenvalue weighted by Gasteiger charge is 2.19. The van der Waals surface area contributed by atoms with Gasteiger partial charge in [0.25, 0.3) is 5.91 Å². The van der Waals surface area contributed by atoms with E-state index in [0.717, 1.165) is 0 Å². The van der Waals surface area contributed by atoms with Gasteiger partial charge in [0.15, 0.2) is 0 Å². The number of aryl methyl sites for hydroxylation is 1. The number of aliphatic hydroxyl groups excluding tert-OH is 1. The molecular weight excluding hydrogens is 282 g/mol. The molecule has 1 unspecified atom stereocenters. The van der Waals surface area contributed by atoms with Crippen molar-refractivity contribution in [2.24, 2.45) is 13.0 Å². The molecule has 7 nitrogen and oxygen atoms in total. The molecule has 1 heterocycles. The summed E-state index contributed by atoms with van der Waals surface area (Å²) in [7, 11) is -0.627. The molecule has 0 spiro atoms. The van der Waals surface area contributed by atoms with Crippen LogP contribution in [0.1, 0.15) is 23.8 Å². The molecule has 1 rings (SSSR count). The molecule has 0 aliphatic carbocycles. The van der Waals surface area contributed by atoms with Crippen LogP contribution in [0.25, 0.3) is 0 Å². The summed E-state index contributed by atoms with van der Waals surface area (Å²) >= 11 is 0.